The molecule has 0 amide bonds. The number of benzene rings is 1. The molecule has 0 spiro atoms. The summed E-state index contributed by atoms with van der Waals surface area (Å²) in [6.45, 7) is 2.69. The molecule has 1 atom stereocenters. The lowest BCUT2D eigenvalue weighted by Gasteiger charge is -2.20. The fourth-order valence-corrected chi connectivity index (χ4v) is 2.02. The SMILES string of the molecule is CCCNC(c1ccncc1)c1c(F)cccc1F. The third kappa shape index (κ3) is 3.15. The Kier molecular flexibility index (Phi) is 4.58. The molecule has 1 aromatic heterocycles. The zero-order valence-electron chi connectivity index (χ0n) is 10.7. The fourth-order valence-electron chi connectivity index (χ4n) is 2.02. The van der Waals surface area contributed by atoms with Gasteiger partial charge in [-0.05, 0) is 42.8 Å². The van der Waals surface area contributed by atoms with E-state index in [2.05, 4.69) is 10.3 Å². The second kappa shape index (κ2) is 6.38. The number of aromatic nitrogens is 1. The van der Waals surface area contributed by atoms with Crippen LogP contribution in [0.25, 0.3) is 0 Å². The number of hydrogen-bond acceptors (Lipinski definition) is 2. The van der Waals surface area contributed by atoms with Crippen LogP contribution in [0.1, 0.15) is 30.5 Å². The van der Waals surface area contributed by atoms with Crippen LogP contribution < -0.4 is 5.32 Å². The molecule has 1 aromatic carbocycles. The maximum Gasteiger partial charge on any atom is 0.131 e. The second-order valence-electron chi connectivity index (χ2n) is 4.30. The molecule has 1 heterocycles. The van der Waals surface area contributed by atoms with Crippen LogP contribution in [0.2, 0.25) is 0 Å². The van der Waals surface area contributed by atoms with Gasteiger partial charge < -0.3 is 5.32 Å². The summed E-state index contributed by atoms with van der Waals surface area (Å²) in [5.41, 5.74) is 0.856. The first kappa shape index (κ1) is 13.6. The van der Waals surface area contributed by atoms with E-state index >= 15 is 0 Å². The molecule has 0 fully saturated rings. The van der Waals surface area contributed by atoms with Gasteiger partial charge >= 0.3 is 0 Å². The Bertz CT molecular complexity index is 509. The lowest BCUT2D eigenvalue weighted by Crippen LogP contribution is -2.25. The molecule has 0 saturated carbocycles. The van der Waals surface area contributed by atoms with Crippen molar-refractivity contribution in [2.75, 3.05) is 6.54 Å². The van der Waals surface area contributed by atoms with Crippen molar-refractivity contribution in [3.05, 3.63) is 65.5 Å². The molecule has 2 rings (SSSR count). The zero-order chi connectivity index (χ0) is 13.7. The summed E-state index contributed by atoms with van der Waals surface area (Å²) in [6, 6.07) is 6.96. The maximum atomic E-state index is 13.9. The van der Waals surface area contributed by atoms with E-state index in [1.807, 2.05) is 6.92 Å². The van der Waals surface area contributed by atoms with Gasteiger partial charge in [-0.25, -0.2) is 8.78 Å². The first-order valence-electron chi connectivity index (χ1n) is 6.31. The summed E-state index contributed by atoms with van der Waals surface area (Å²) in [7, 11) is 0. The molecule has 1 N–H and O–H groups in total. The largest absolute Gasteiger partial charge is 0.306 e. The van der Waals surface area contributed by atoms with Crippen molar-refractivity contribution in [2.45, 2.75) is 19.4 Å². The van der Waals surface area contributed by atoms with Gasteiger partial charge in [-0.2, -0.15) is 0 Å². The minimum absolute atomic E-state index is 0.0575. The summed E-state index contributed by atoms with van der Waals surface area (Å²) in [5.74, 6) is -1.07. The van der Waals surface area contributed by atoms with Gasteiger partial charge in [-0.3, -0.25) is 4.98 Å². The van der Waals surface area contributed by atoms with Crippen LogP contribution >= 0.6 is 0 Å². The van der Waals surface area contributed by atoms with Crippen LogP contribution in [0.3, 0.4) is 0 Å². The second-order valence-corrected chi connectivity index (χ2v) is 4.30. The molecule has 1 unspecified atom stereocenters. The lowest BCUT2D eigenvalue weighted by molar-refractivity contribution is 0.503. The van der Waals surface area contributed by atoms with E-state index in [1.165, 1.54) is 18.2 Å². The number of halogens is 2. The lowest BCUT2D eigenvalue weighted by atomic mass is 9.98. The molecule has 100 valence electrons. The maximum absolute atomic E-state index is 13.9. The van der Waals surface area contributed by atoms with Crippen LogP contribution in [0, 0.1) is 11.6 Å². The Hall–Kier alpha value is -1.81. The molecule has 2 aromatic rings. The molecule has 19 heavy (non-hydrogen) atoms. The first-order valence-corrected chi connectivity index (χ1v) is 6.31. The molecule has 4 heteroatoms. The Morgan fingerprint density at radius 2 is 1.74 bits per heavy atom. The minimum atomic E-state index is -0.537. The zero-order valence-corrected chi connectivity index (χ0v) is 10.7. The standard InChI is InChI=1S/C15H16F2N2/c1-2-8-19-15(11-6-9-18-10-7-11)14-12(16)4-3-5-13(14)17/h3-7,9-10,15,19H,2,8H2,1H3. The summed E-state index contributed by atoms with van der Waals surface area (Å²) >= 11 is 0. The Balaban J connectivity index is 2.43. The topological polar surface area (TPSA) is 24.9 Å². The molecule has 0 saturated heterocycles. The Morgan fingerprint density at radius 1 is 1.11 bits per heavy atom. The van der Waals surface area contributed by atoms with E-state index in [9.17, 15) is 8.78 Å². The number of nitrogens with one attached hydrogen (secondary N) is 1. The quantitative estimate of drug-likeness (QED) is 0.892. The van der Waals surface area contributed by atoms with Crippen LogP contribution in [0.5, 0.6) is 0 Å². The first-order chi connectivity index (χ1) is 9.24. The highest BCUT2D eigenvalue weighted by Gasteiger charge is 2.20. The number of rotatable bonds is 5. The van der Waals surface area contributed by atoms with Crippen molar-refractivity contribution in [1.82, 2.24) is 10.3 Å². The van der Waals surface area contributed by atoms with Gasteiger partial charge in [-0.15, -0.1) is 0 Å². The molecule has 0 radical (unpaired) electrons. The van der Waals surface area contributed by atoms with Gasteiger partial charge in [0.15, 0.2) is 0 Å². The highest BCUT2D eigenvalue weighted by molar-refractivity contribution is 5.32. The van der Waals surface area contributed by atoms with Crippen LogP contribution in [0.15, 0.2) is 42.7 Å². The van der Waals surface area contributed by atoms with Crippen molar-refractivity contribution in [3.8, 4) is 0 Å². The summed E-state index contributed by atoms with van der Waals surface area (Å²) < 4.78 is 27.8. The van der Waals surface area contributed by atoms with E-state index in [1.54, 1.807) is 24.5 Å². The van der Waals surface area contributed by atoms with E-state index in [0.717, 1.165) is 12.0 Å². The van der Waals surface area contributed by atoms with Gasteiger partial charge in [-0.1, -0.05) is 13.0 Å². The normalized spacial score (nSPS) is 12.4. The van der Waals surface area contributed by atoms with E-state index in [4.69, 9.17) is 0 Å². The summed E-state index contributed by atoms with van der Waals surface area (Å²) in [4.78, 5) is 3.93. The summed E-state index contributed by atoms with van der Waals surface area (Å²) in [5, 5.41) is 3.18. The minimum Gasteiger partial charge on any atom is -0.306 e. The van der Waals surface area contributed by atoms with E-state index in [0.29, 0.717) is 6.54 Å². The van der Waals surface area contributed by atoms with Crippen molar-refractivity contribution in [2.24, 2.45) is 0 Å². The van der Waals surface area contributed by atoms with Crippen molar-refractivity contribution in [3.63, 3.8) is 0 Å². The molecule has 0 aliphatic carbocycles. The van der Waals surface area contributed by atoms with Gasteiger partial charge in [0.25, 0.3) is 0 Å². The third-order valence-electron chi connectivity index (χ3n) is 2.93. The average Bonchev–Trinajstić information content (AvgIpc) is 2.43. The predicted octanol–water partition coefficient (Wildman–Crippen LogP) is 3.45. The number of hydrogen-bond donors (Lipinski definition) is 1. The summed E-state index contributed by atoms with van der Waals surface area (Å²) in [6.07, 6.45) is 4.13. The third-order valence-corrected chi connectivity index (χ3v) is 2.93. The number of nitrogens with zero attached hydrogens (tertiary/aromatic N) is 1. The Labute approximate surface area is 111 Å². The smallest absolute Gasteiger partial charge is 0.131 e. The van der Waals surface area contributed by atoms with Crippen molar-refractivity contribution >= 4 is 0 Å². The molecule has 2 nitrogen and oxygen atoms in total. The fraction of sp³-hybridized carbons (Fsp3) is 0.267. The van der Waals surface area contributed by atoms with Crippen LogP contribution in [-0.4, -0.2) is 11.5 Å². The molecule has 0 aliphatic rings. The van der Waals surface area contributed by atoms with Gasteiger partial charge in [0, 0.05) is 18.0 Å². The molecule has 0 bridgehead atoms. The molecular formula is C15H16F2N2. The van der Waals surface area contributed by atoms with Crippen molar-refractivity contribution < 1.29 is 8.78 Å². The Morgan fingerprint density at radius 3 is 2.32 bits per heavy atom. The molecule has 0 aliphatic heterocycles. The monoisotopic (exact) mass is 262 g/mol. The van der Waals surface area contributed by atoms with Gasteiger partial charge in [0.05, 0.1) is 6.04 Å². The van der Waals surface area contributed by atoms with E-state index in [-0.39, 0.29) is 5.56 Å². The predicted molar refractivity (Wildman–Crippen MR) is 70.7 cm³/mol. The van der Waals surface area contributed by atoms with E-state index < -0.39 is 17.7 Å². The molecular weight excluding hydrogens is 246 g/mol. The van der Waals surface area contributed by atoms with Crippen molar-refractivity contribution in [1.29, 1.82) is 0 Å². The van der Waals surface area contributed by atoms with Gasteiger partial charge in [0.2, 0.25) is 0 Å². The number of pyridine rings is 1. The highest BCUT2D eigenvalue weighted by atomic mass is 19.1. The van der Waals surface area contributed by atoms with Crippen LogP contribution in [-0.2, 0) is 0 Å². The van der Waals surface area contributed by atoms with Crippen LogP contribution in [0.4, 0.5) is 8.78 Å². The highest BCUT2D eigenvalue weighted by Crippen LogP contribution is 2.26. The average molecular weight is 262 g/mol. The van der Waals surface area contributed by atoms with Gasteiger partial charge in [0.1, 0.15) is 11.6 Å².